The lowest BCUT2D eigenvalue weighted by Gasteiger charge is -2.09. The van der Waals surface area contributed by atoms with Gasteiger partial charge in [-0.1, -0.05) is 24.3 Å². The first kappa shape index (κ1) is 14.5. The molecular weight excluding hydrogens is 272 g/mol. The number of nitro benzene ring substituents is 1. The summed E-state index contributed by atoms with van der Waals surface area (Å²) in [6.45, 7) is 2.49. The third kappa shape index (κ3) is 3.36. The Balaban J connectivity index is 2.22. The largest absolute Gasteiger partial charge is 0.477 e. The Hall–Kier alpha value is -2.89. The molecule has 0 saturated carbocycles. The first-order valence-electron chi connectivity index (χ1n) is 6.29. The minimum absolute atomic E-state index is 0.318. The molecule has 0 aliphatic carbocycles. The highest BCUT2D eigenvalue weighted by Crippen LogP contribution is 2.24. The molecule has 6 nitrogen and oxygen atoms in total. The number of anilines is 1. The maximum Gasteiger partial charge on any atom is 0.342 e. The smallest absolute Gasteiger partial charge is 0.342 e. The average Bonchev–Trinajstić information content (AvgIpc) is 2.46. The molecule has 6 heteroatoms. The first-order valence-corrected chi connectivity index (χ1v) is 6.29. The lowest BCUT2D eigenvalue weighted by Crippen LogP contribution is -2.05. The van der Waals surface area contributed by atoms with Crippen molar-refractivity contribution in [3.63, 3.8) is 0 Å². The predicted molar refractivity (Wildman–Crippen MR) is 78.6 cm³/mol. The van der Waals surface area contributed by atoms with Crippen LogP contribution in [0.3, 0.4) is 0 Å². The second-order valence-corrected chi connectivity index (χ2v) is 4.57. The normalized spacial score (nSPS) is 10.1. The van der Waals surface area contributed by atoms with Gasteiger partial charge in [-0.15, -0.1) is 0 Å². The highest BCUT2D eigenvalue weighted by molar-refractivity contribution is 5.93. The highest BCUT2D eigenvalue weighted by atomic mass is 16.6. The molecule has 2 rings (SSSR count). The van der Waals surface area contributed by atoms with Crippen LogP contribution in [0.25, 0.3) is 0 Å². The number of nitro groups is 1. The lowest BCUT2D eigenvalue weighted by molar-refractivity contribution is -0.385. The molecule has 0 aliphatic heterocycles. The van der Waals surface area contributed by atoms with Crippen molar-refractivity contribution in [3.8, 4) is 0 Å². The zero-order chi connectivity index (χ0) is 15.4. The number of hydrogen-bond acceptors (Lipinski definition) is 4. The van der Waals surface area contributed by atoms with Crippen molar-refractivity contribution in [2.75, 3.05) is 5.32 Å². The number of carboxylic acid groups (broad SMARTS) is 1. The summed E-state index contributed by atoms with van der Waals surface area (Å²) < 4.78 is 0. The van der Waals surface area contributed by atoms with Gasteiger partial charge in [0.1, 0.15) is 5.56 Å². The van der Waals surface area contributed by atoms with E-state index in [1.54, 1.807) is 0 Å². The Kier molecular flexibility index (Phi) is 4.18. The van der Waals surface area contributed by atoms with E-state index in [0.29, 0.717) is 12.2 Å². The maximum atomic E-state index is 10.9. The van der Waals surface area contributed by atoms with Crippen molar-refractivity contribution in [2.45, 2.75) is 13.5 Å². The van der Waals surface area contributed by atoms with Crippen molar-refractivity contribution >= 4 is 17.3 Å². The average molecular weight is 286 g/mol. The van der Waals surface area contributed by atoms with Crippen LogP contribution >= 0.6 is 0 Å². The van der Waals surface area contributed by atoms with Gasteiger partial charge in [-0.2, -0.15) is 0 Å². The summed E-state index contributed by atoms with van der Waals surface area (Å²) in [5.41, 5.74) is 1.96. The number of benzene rings is 2. The molecule has 0 fully saturated rings. The summed E-state index contributed by atoms with van der Waals surface area (Å²) in [6, 6.07) is 11.8. The molecule has 21 heavy (non-hydrogen) atoms. The summed E-state index contributed by atoms with van der Waals surface area (Å²) in [7, 11) is 0. The van der Waals surface area contributed by atoms with E-state index in [1.165, 1.54) is 18.2 Å². The van der Waals surface area contributed by atoms with Crippen LogP contribution in [0.1, 0.15) is 21.5 Å². The molecular formula is C15H14N2O4. The zero-order valence-corrected chi connectivity index (χ0v) is 11.4. The second-order valence-electron chi connectivity index (χ2n) is 4.57. The molecule has 108 valence electrons. The molecule has 0 amide bonds. The van der Waals surface area contributed by atoms with Gasteiger partial charge in [0.05, 0.1) is 4.92 Å². The van der Waals surface area contributed by atoms with Crippen LogP contribution in [0.15, 0.2) is 42.5 Å². The fourth-order valence-electron chi connectivity index (χ4n) is 1.98. The quantitative estimate of drug-likeness (QED) is 0.650. The number of nitrogens with zero attached hydrogens (tertiary/aromatic N) is 1. The van der Waals surface area contributed by atoms with Gasteiger partial charge in [-0.25, -0.2) is 4.79 Å². The SMILES string of the molecule is Cc1ccccc1CNc1ccc(C(=O)O)c([N+](=O)[O-])c1. The molecule has 0 aromatic heterocycles. The number of aromatic carboxylic acids is 1. The minimum Gasteiger partial charge on any atom is -0.477 e. The summed E-state index contributed by atoms with van der Waals surface area (Å²) in [4.78, 5) is 21.2. The van der Waals surface area contributed by atoms with E-state index in [0.717, 1.165) is 11.1 Å². The van der Waals surface area contributed by atoms with Crippen LogP contribution in [0, 0.1) is 17.0 Å². The summed E-state index contributed by atoms with van der Waals surface area (Å²) in [5, 5.41) is 22.9. The fourth-order valence-corrected chi connectivity index (χ4v) is 1.98. The van der Waals surface area contributed by atoms with Crippen LogP contribution in [0.5, 0.6) is 0 Å². The van der Waals surface area contributed by atoms with E-state index in [9.17, 15) is 14.9 Å². The number of carbonyl (C=O) groups is 1. The molecule has 2 N–H and O–H groups in total. The molecule has 2 aromatic carbocycles. The van der Waals surface area contributed by atoms with Crippen LogP contribution in [0.2, 0.25) is 0 Å². The van der Waals surface area contributed by atoms with Crippen LogP contribution in [0.4, 0.5) is 11.4 Å². The van der Waals surface area contributed by atoms with Crippen molar-refractivity contribution in [2.24, 2.45) is 0 Å². The molecule has 2 aromatic rings. The van der Waals surface area contributed by atoms with Crippen molar-refractivity contribution in [1.29, 1.82) is 0 Å². The van der Waals surface area contributed by atoms with Gasteiger partial charge in [0.2, 0.25) is 0 Å². The van der Waals surface area contributed by atoms with E-state index >= 15 is 0 Å². The third-order valence-corrected chi connectivity index (χ3v) is 3.17. The summed E-state index contributed by atoms with van der Waals surface area (Å²) in [6.07, 6.45) is 0. The van der Waals surface area contributed by atoms with E-state index in [2.05, 4.69) is 5.32 Å². The third-order valence-electron chi connectivity index (χ3n) is 3.17. The fraction of sp³-hybridized carbons (Fsp3) is 0.133. The number of aryl methyl sites for hydroxylation is 1. The van der Waals surface area contributed by atoms with Gasteiger partial charge in [-0.3, -0.25) is 10.1 Å². The monoisotopic (exact) mass is 286 g/mol. The lowest BCUT2D eigenvalue weighted by atomic mass is 10.1. The second kappa shape index (κ2) is 6.04. The Morgan fingerprint density at radius 1 is 1.29 bits per heavy atom. The van der Waals surface area contributed by atoms with Crippen LogP contribution in [-0.4, -0.2) is 16.0 Å². The molecule has 0 heterocycles. The van der Waals surface area contributed by atoms with Gasteiger partial charge in [-0.05, 0) is 30.2 Å². The molecule has 0 radical (unpaired) electrons. The van der Waals surface area contributed by atoms with E-state index < -0.39 is 16.6 Å². The molecule has 0 aliphatic rings. The van der Waals surface area contributed by atoms with Gasteiger partial charge in [0.15, 0.2) is 0 Å². The molecule has 0 spiro atoms. The number of carboxylic acids is 1. The topological polar surface area (TPSA) is 92.5 Å². The van der Waals surface area contributed by atoms with Crippen LogP contribution in [-0.2, 0) is 6.54 Å². The van der Waals surface area contributed by atoms with Crippen molar-refractivity contribution < 1.29 is 14.8 Å². The summed E-state index contributed by atoms with van der Waals surface area (Å²) >= 11 is 0. The number of rotatable bonds is 5. The van der Waals surface area contributed by atoms with Crippen molar-refractivity contribution in [3.05, 3.63) is 69.3 Å². The standard InChI is InChI=1S/C15H14N2O4/c1-10-4-2-3-5-11(10)9-16-12-6-7-13(15(18)19)14(8-12)17(20)21/h2-8,16H,9H2,1H3,(H,18,19). The van der Waals surface area contributed by atoms with E-state index in [1.807, 2.05) is 31.2 Å². The molecule has 0 atom stereocenters. The van der Waals surface area contributed by atoms with Crippen LogP contribution < -0.4 is 5.32 Å². The summed E-state index contributed by atoms with van der Waals surface area (Å²) in [5.74, 6) is -1.31. The Labute approximate surface area is 121 Å². The zero-order valence-electron chi connectivity index (χ0n) is 11.4. The van der Waals surface area contributed by atoms with Gasteiger partial charge >= 0.3 is 5.97 Å². The predicted octanol–water partition coefficient (Wildman–Crippen LogP) is 3.21. The molecule has 0 bridgehead atoms. The molecule has 0 unspecified atom stereocenters. The molecule has 0 saturated heterocycles. The first-order chi connectivity index (χ1) is 9.99. The number of nitrogens with one attached hydrogen (secondary N) is 1. The Bertz CT molecular complexity index is 698. The van der Waals surface area contributed by atoms with Crippen molar-refractivity contribution in [1.82, 2.24) is 0 Å². The Morgan fingerprint density at radius 3 is 2.62 bits per heavy atom. The Morgan fingerprint density at radius 2 is 2.00 bits per heavy atom. The van der Waals surface area contributed by atoms with Gasteiger partial charge in [0, 0.05) is 18.3 Å². The highest BCUT2D eigenvalue weighted by Gasteiger charge is 2.19. The van der Waals surface area contributed by atoms with Gasteiger partial charge in [0.25, 0.3) is 5.69 Å². The van der Waals surface area contributed by atoms with Gasteiger partial charge < -0.3 is 10.4 Å². The van der Waals surface area contributed by atoms with E-state index in [-0.39, 0.29) is 5.56 Å². The minimum atomic E-state index is -1.31. The van der Waals surface area contributed by atoms with E-state index in [4.69, 9.17) is 5.11 Å². The maximum absolute atomic E-state index is 10.9. The number of hydrogen-bond donors (Lipinski definition) is 2.